The zero-order valence-electron chi connectivity index (χ0n) is 23.5. The van der Waals surface area contributed by atoms with Crippen molar-refractivity contribution in [2.24, 2.45) is 0 Å². The van der Waals surface area contributed by atoms with Crippen molar-refractivity contribution in [3.05, 3.63) is 76.2 Å². The normalized spacial score (nSPS) is 17.4. The Labute approximate surface area is 242 Å². The lowest BCUT2D eigenvalue weighted by Crippen LogP contribution is -2.51. The van der Waals surface area contributed by atoms with Crippen molar-refractivity contribution in [3.8, 4) is 23.3 Å². The van der Waals surface area contributed by atoms with E-state index in [4.69, 9.17) is 26.1 Å². The topological polar surface area (TPSA) is 111 Å². The van der Waals surface area contributed by atoms with Gasteiger partial charge in [-0.2, -0.15) is 4.98 Å². The van der Waals surface area contributed by atoms with Gasteiger partial charge in [0.2, 0.25) is 5.88 Å². The van der Waals surface area contributed by atoms with E-state index in [1.807, 2.05) is 57.4 Å². The maximum Gasteiger partial charge on any atom is 0.319 e. The van der Waals surface area contributed by atoms with Gasteiger partial charge >= 0.3 is 6.01 Å². The highest BCUT2D eigenvalue weighted by molar-refractivity contribution is 6.31. The van der Waals surface area contributed by atoms with Gasteiger partial charge < -0.3 is 19.4 Å². The third kappa shape index (κ3) is 3.88. The van der Waals surface area contributed by atoms with Gasteiger partial charge in [-0.05, 0) is 64.4 Å². The number of halogens is 1. The Balaban J connectivity index is 1.67. The minimum Gasteiger partial charge on any atom is -0.480 e. The number of nitrogens with one attached hydrogen (secondary N) is 1. The Kier molecular flexibility index (Phi) is 6.26. The van der Waals surface area contributed by atoms with Crippen LogP contribution in [0.5, 0.6) is 11.9 Å². The molecule has 41 heavy (non-hydrogen) atoms. The van der Waals surface area contributed by atoms with E-state index in [9.17, 15) is 9.59 Å². The predicted molar refractivity (Wildman–Crippen MR) is 155 cm³/mol. The highest BCUT2D eigenvalue weighted by atomic mass is 35.5. The zero-order valence-corrected chi connectivity index (χ0v) is 24.3. The molecule has 6 rings (SSSR count). The number of rotatable bonds is 6. The van der Waals surface area contributed by atoms with Crippen LogP contribution < -0.4 is 19.7 Å². The van der Waals surface area contributed by atoms with Gasteiger partial charge in [0.25, 0.3) is 11.8 Å². The second-order valence-electron chi connectivity index (χ2n) is 10.7. The highest BCUT2D eigenvalue weighted by Gasteiger charge is 2.64. The molecule has 2 aromatic carbocycles. The van der Waals surface area contributed by atoms with Gasteiger partial charge in [-0.3, -0.25) is 14.5 Å². The fourth-order valence-corrected chi connectivity index (χ4v) is 5.89. The Morgan fingerprint density at radius 2 is 1.83 bits per heavy atom. The van der Waals surface area contributed by atoms with Gasteiger partial charge in [0.1, 0.15) is 5.82 Å². The van der Waals surface area contributed by atoms with E-state index >= 15 is 0 Å². The first kappa shape index (κ1) is 26.8. The number of nitrogens with zero attached hydrogens (tertiary/aromatic N) is 5. The number of aryl methyl sites for hydroxylation is 1. The molecule has 4 heterocycles. The summed E-state index contributed by atoms with van der Waals surface area (Å²) in [6.07, 6.45) is 1.43. The van der Waals surface area contributed by atoms with Gasteiger partial charge in [0.05, 0.1) is 24.5 Å². The van der Waals surface area contributed by atoms with Crippen molar-refractivity contribution in [2.45, 2.75) is 52.3 Å². The van der Waals surface area contributed by atoms with Crippen molar-refractivity contribution in [3.63, 3.8) is 0 Å². The molecule has 2 aliphatic heterocycles. The predicted octanol–water partition coefficient (Wildman–Crippen LogP) is 5.53. The number of benzene rings is 2. The smallest absolute Gasteiger partial charge is 0.319 e. The molecule has 0 fully saturated rings. The Hall–Kier alpha value is -4.44. The molecule has 10 nitrogen and oxygen atoms in total. The highest BCUT2D eigenvalue weighted by Crippen LogP contribution is 2.54. The summed E-state index contributed by atoms with van der Waals surface area (Å²) in [5.41, 5.74) is 2.28. The molecule has 1 spiro atoms. The van der Waals surface area contributed by atoms with Crippen LogP contribution in [0.4, 0.5) is 11.4 Å². The molecule has 0 aliphatic carbocycles. The maximum absolute atomic E-state index is 14.4. The molecule has 0 saturated carbocycles. The summed E-state index contributed by atoms with van der Waals surface area (Å²) in [6, 6.07) is 12.6. The minimum absolute atomic E-state index is 0.133. The van der Waals surface area contributed by atoms with Gasteiger partial charge in [0, 0.05) is 34.2 Å². The molecular weight excluding hydrogens is 544 g/mol. The molecule has 2 aromatic heterocycles. The quantitative estimate of drug-likeness (QED) is 0.323. The molecule has 2 aliphatic rings. The minimum atomic E-state index is -1.54. The van der Waals surface area contributed by atoms with Crippen LogP contribution in [0, 0.1) is 6.92 Å². The second kappa shape index (κ2) is 9.59. The van der Waals surface area contributed by atoms with Crippen LogP contribution in [-0.4, -0.2) is 44.5 Å². The summed E-state index contributed by atoms with van der Waals surface area (Å²) in [7, 11) is 1.50. The average Bonchev–Trinajstić information content (AvgIpc) is 3.52. The lowest BCUT2D eigenvalue weighted by molar-refractivity contribution is -0.119. The van der Waals surface area contributed by atoms with Crippen LogP contribution in [0.1, 0.15) is 61.0 Å². The van der Waals surface area contributed by atoms with Crippen molar-refractivity contribution in [2.75, 3.05) is 17.3 Å². The molecule has 0 radical (unpaired) electrons. The fraction of sp³-hybridized carbons (Fsp3) is 0.300. The number of hydrogen-bond acceptors (Lipinski definition) is 7. The molecule has 4 aromatic rings. The molecule has 1 N–H and O–H groups in total. The first-order chi connectivity index (χ1) is 19.6. The van der Waals surface area contributed by atoms with Crippen LogP contribution in [0.25, 0.3) is 11.4 Å². The number of carbonyl (C=O) groups excluding carboxylic acids is 2. The van der Waals surface area contributed by atoms with Gasteiger partial charge in [0.15, 0.2) is 11.2 Å². The first-order valence-corrected chi connectivity index (χ1v) is 13.7. The van der Waals surface area contributed by atoms with E-state index in [0.717, 1.165) is 5.56 Å². The summed E-state index contributed by atoms with van der Waals surface area (Å²) in [5.74, 6) is -0.139. The monoisotopic (exact) mass is 572 g/mol. The van der Waals surface area contributed by atoms with Crippen molar-refractivity contribution in [1.82, 2.24) is 19.5 Å². The summed E-state index contributed by atoms with van der Waals surface area (Å²) in [5, 5.41) is 3.48. The molecule has 210 valence electrons. The number of aromatic nitrogens is 4. The Bertz CT molecular complexity index is 1730. The van der Waals surface area contributed by atoms with E-state index < -0.39 is 11.4 Å². The Morgan fingerprint density at radius 3 is 2.51 bits per heavy atom. The third-order valence-corrected chi connectivity index (χ3v) is 7.46. The first-order valence-electron chi connectivity index (χ1n) is 13.3. The second-order valence-corrected chi connectivity index (χ2v) is 11.1. The number of fused-ring (bicyclic) bond motifs is 4. The summed E-state index contributed by atoms with van der Waals surface area (Å²) < 4.78 is 13.2. The van der Waals surface area contributed by atoms with Gasteiger partial charge in [-0.15, -0.1) is 0 Å². The van der Waals surface area contributed by atoms with Crippen LogP contribution >= 0.6 is 11.6 Å². The van der Waals surface area contributed by atoms with Crippen LogP contribution in [-0.2, 0) is 10.3 Å². The van der Waals surface area contributed by atoms with E-state index in [1.165, 1.54) is 12.0 Å². The SMILES string of the molecule is COc1nc(OC(C)C)ncc1-c1nc2c(n1C(C)C)C1(C(=O)Nc3cc(C)ccc31)N(c1cccc(Cl)c1)C2=O. The number of hydrogen-bond donors (Lipinski definition) is 1. The van der Waals surface area contributed by atoms with Crippen LogP contribution in [0.3, 0.4) is 0 Å². The summed E-state index contributed by atoms with van der Waals surface area (Å²) >= 11 is 6.38. The number of anilines is 2. The molecule has 1 atom stereocenters. The standard InChI is InChI=1S/C30H29ClN6O4/c1-15(2)36-24-23(34-25(36)20-14-32-29(41-16(3)4)35-26(20)40-6)27(38)37(19-9-7-8-18(31)13-19)30(24)21-11-10-17(5)12-22(21)33-28(30)39/h7-16H,1-6H3,(H,33,39). The number of imidazole rings is 1. The van der Waals surface area contributed by atoms with Gasteiger partial charge in [-0.25, -0.2) is 9.97 Å². The molecular formula is C30H29ClN6O4. The average molecular weight is 573 g/mol. The molecule has 11 heteroatoms. The molecule has 0 saturated heterocycles. The lowest BCUT2D eigenvalue weighted by atomic mass is 9.86. The molecule has 1 unspecified atom stereocenters. The van der Waals surface area contributed by atoms with E-state index in [2.05, 4.69) is 15.3 Å². The van der Waals surface area contributed by atoms with Crippen molar-refractivity contribution in [1.29, 1.82) is 0 Å². The molecule has 2 amide bonds. The number of methoxy groups -OCH3 is 1. The Morgan fingerprint density at radius 1 is 1.05 bits per heavy atom. The van der Waals surface area contributed by atoms with Crippen molar-refractivity contribution < 1.29 is 19.1 Å². The third-order valence-electron chi connectivity index (χ3n) is 7.23. The van der Waals surface area contributed by atoms with E-state index in [1.54, 1.807) is 30.5 Å². The zero-order chi connectivity index (χ0) is 29.2. The van der Waals surface area contributed by atoms with E-state index in [-0.39, 0.29) is 35.6 Å². The number of carbonyl (C=O) groups is 2. The lowest BCUT2D eigenvalue weighted by Gasteiger charge is -2.35. The fourth-order valence-electron chi connectivity index (χ4n) is 5.71. The van der Waals surface area contributed by atoms with Crippen molar-refractivity contribution >= 4 is 34.8 Å². The summed E-state index contributed by atoms with van der Waals surface area (Å²) in [6.45, 7) is 9.65. The molecule has 0 bridgehead atoms. The largest absolute Gasteiger partial charge is 0.480 e. The summed E-state index contributed by atoms with van der Waals surface area (Å²) in [4.78, 5) is 43.8. The number of ether oxygens (including phenoxy) is 2. The maximum atomic E-state index is 14.4. The van der Waals surface area contributed by atoms with Gasteiger partial charge in [-0.1, -0.05) is 29.8 Å². The van der Waals surface area contributed by atoms with E-state index in [0.29, 0.717) is 39.0 Å². The number of amides is 2. The van der Waals surface area contributed by atoms with Crippen LogP contribution in [0.2, 0.25) is 5.02 Å². The van der Waals surface area contributed by atoms with Crippen LogP contribution in [0.15, 0.2) is 48.7 Å².